The number of hydrogen-bond acceptors (Lipinski definition) is 5. The Kier molecular flexibility index (Phi) is 3.93. The highest BCUT2D eigenvalue weighted by Gasteiger charge is 2.30. The molecule has 0 saturated heterocycles. The van der Waals surface area contributed by atoms with Crippen molar-refractivity contribution in [3.05, 3.63) is 53.3 Å². The lowest BCUT2D eigenvalue weighted by molar-refractivity contribution is 0.101. The van der Waals surface area contributed by atoms with Crippen molar-refractivity contribution in [1.82, 2.24) is 0 Å². The Labute approximate surface area is 134 Å². The fourth-order valence-electron chi connectivity index (χ4n) is 2.44. The van der Waals surface area contributed by atoms with Gasteiger partial charge in [-0.25, -0.2) is 0 Å². The molecule has 5 nitrogen and oxygen atoms in total. The predicted octanol–water partition coefficient (Wildman–Crippen LogP) is 3.33. The molecule has 118 valence electrons. The number of allylic oxidation sites excluding steroid dienone is 1. The molecule has 3 rings (SSSR count). The molecule has 1 aliphatic heterocycles. The fourth-order valence-corrected chi connectivity index (χ4v) is 2.44. The van der Waals surface area contributed by atoms with E-state index in [1.807, 2.05) is 6.07 Å². The van der Waals surface area contributed by atoms with Crippen LogP contribution in [0, 0.1) is 0 Å². The Hall–Kier alpha value is -2.95. The number of para-hydroxylation sites is 1. The second kappa shape index (κ2) is 6.04. The minimum Gasteiger partial charge on any atom is -0.493 e. The predicted molar refractivity (Wildman–Crippen MR) is 85.5 cm³/mol. The van der Waals surface area contributed by atoms with Crippen LogP contribution >= 0.6 is 0 Å². The second-order valence-electron chi connectivity index (χ2n) is 4.89. The number of ether oxygens (including phenoxy) is 4. The molecule has 2 aromatic carbocycles. The van der Waals surface area contributed by atoms with Gasteiger partial charge in [0.15, 0.2) is 28.8 Å². The summed E-state index contributed by atoms with van der Waals surface area (Å²) >= 11 is 0. The van der Waals surface area contributed by atoms with Gasteiger partial charge in [-0.2, -0.15) is 0 Å². The summed E-state index contributed by atoms with van der Waals surface area (Å²) in [5.74, 6) is 2.27. The molecule has 0 saturated carbocycles. The maximum atomic E-state index is 12.4. The number of rotatable bonds is 4. The molecule has 0 fully saturated rings. The van der Waals surface area contributed by atoms with Gasteiger partial charge in [0, 0.05) is 0 Å². The molecule has 0 radical (unpaired) electrons. The third-order valence-electron chi connectivity index (χ3n) is 3.58. The van der Waals surface area contributed by atoms with E-state index in [9.17, 15) is 4.79 Å². The summed E-state index contributed by atoms with van der Waals surface area (Å²) in [7, 11) is 4.68. The van der Waals surface area contributed by atoms with E-state index in [2.05, 4.69) is 0 Å². The van der Waals surface area contributed by atoms with E-state index in [0.717, 1.165) is 5.56 Å². The van der Waals surface area contributed by atoms with Crippen LogP contribution in [-0.2, 0) is 0 Å². The van der Waals surface area contributed by atoms with E-state index in [1.54, 1.807) is 57.7 Å². The summed E-state index contributed by atoms with van der Waals surface area (Å²) in [6.07, 6.45) is 1.67. The second-order valence-corrected chi connectivity index (χ2v) is 4.89. The average molecular weight is 312 g/mol. The van der Waals surface area contributed by atoms with Gasteiger partial charge in [0.1, 0.15) is 0 Å². The third-order valence-corrected chi connectivity index (χ3v) is 3.58. The van der Waals surface area contributed by atoms with Crippen molar-refractivity contribution in [2.75, 3.05) is 21.3 Å². The highest BCUT2D eigenvalue weighted by molar-refractivity contribution is 6.15. The topological polar surface area (TPSA) is 54.0 Å². The summed E-state index contributed by atoms with van der Waals surface area (Å²) in [5, 5.41) is 0. The van der Waals surface area contributed by atoms with E-state index in [4.69, 9.17) is 18.9 Å². The molecule has 2 aromatic rings. The molecule has 0 aromatic heterocycles. The van der Waals surface area contributed by atoms with Crippen LogP contribution in [0.5, 0.6) is 23.0 Å². The van der Waals surface area contributed by atoms with Gasteiger partial charge in [0.25, 0.3) is 0 Å². The average Bonchev–Trinajstić information content (AvgIpc) is 2.91. The molecule has 0 atom stereocenters. The van der Waals surface area contributed by atoms with Crippen LogP contribution in [0.4, 0.5) is 0 Å². The van der Waals surface area contributed by atoms with Crippen LogP contribution in [0.15, 0.2) is 42.2 Å². The van der Waals surface area contributed by atoms with Gasteiger partial charge in [0.05, 0.1) is 26.9 Å². The van der Waals surface area contributed by atoms with Crippen molar-refractivity contribution in [3.63, 3.8) is 0 Å². The normalized spacial score (nSPS) is 14.4. The number of ketones is 1. The summed E-state index contributed by atoms with van der Waals surface area (Å²) < 4.78 is 21.4. The first kappa shape index (κ1) is 15.0. The van der Waals surface area contributed by atoms with Gasteiger partial charge in [0.2, 0.25) is 5.78 Å². The van der Waals surface area contributed by atoms with E-state index < -0.39 is 0 Å². The lowest BCUT2D eigenvalue weighted by Crippen LogP contribution is -1.98. The zero-order valence-corrected chi connectivity index (χ0v) is 13.1. The standard InChI is InChI=1S/C18H16O5/c1-20-13-8-7-11(9-15(13)22-3)10-16-17(19)12-5-4-6-14(21-2)18(12)23-16/h4-10H,1-3H3/b16-10-. The number of carbonyl (C=O) groups is 1. The molecular formula is C18H16O5. The largest absolute Gasteiger partial charge is 0.493 e. The van der Waals surface area contributed by atoms with Crippen LogP contribution in [-0.4, -0.2) is 27.1 Å². The first-order chi connectivity index (χ1) is 11.2. The van der Waals surface area contributed by atoms with Crippen molar-refractivity contribution in [2.45, 2.75) is 0 Å². The summed E-state index contributed by atoms with van der Waals surface area (Å²) in [6, 6.07) is 10.6. The van der Waals surface area contributed by atoms with Crippen molar-refractivity contribution in [3.8, 4) is 23.0 Å². The SMILES string of the molecule is COc1ccc(/C=C2\Oc3c(OC)cccc3C2=O)cc1OC. The Morgan fingerprint density at radius 1 is 0.913 bits per heavy atom. The Morgan fingerprint density at radius 3 is 2.35 bits per heavy atom. The first-order valence-electron chi connectivity index (χ1n) is 7.01. The van der Waals surface area contributed by atoms with E-state index >= 15 is 0 Å². The highest BCUT2D eigenvalue weighted by atomic mass is 16.5. The number of benzene rings is 2. The molecular weight excluding hydrogens is 296 g/mol. The Balaban J connectivity index is 1.98. The number of Topliss-reactive ketones (excluding diaryl/α,β-unsaturated/α-hetero) is 1. The molecule has 5 heteroatoms. The van der Waals surface area contributed by atoms with Crippen LogP contribution in [0.1, 0.15) is 15.9 Å². The Bertz CT molecular complexity index is 792. The van der Waals surface area contributed by atoms with Crippen molar-refractivity contribution in [1.29, 1.82) is 0 Å². The molecule has 0 N–H and O–H groups in total. The Morgan fingerprint density at radius 2 is 1.65 bits per heavy atom. The van der Waals surface area contributed by atoms with Crippen LogP contribution in [0.2, 0.25) is 0 Å². The molecule has 0 aliphatic carbocycles. The number of hydrogen-bond donors (Lipinski definition) is 0. The minimum absolute atomic E-state index is 0.173. The van der Waals surface area contributed by atoms with Crippen molar-refractivity contribution in [2.24, 2.45) is 0 Å². The van der Waals surface area contributed by atoms with Gasteiger partial charge in [-0.3, -0.25) is 4.79 Å². The van der Waals surface area contributed by atoms with Crippen LogP contribution in [0.25, 0.3) is 6.08 Å². The van der Waals surface area contributed by atoms with Gasteiger partial charge in [-0.05, 0) is 35.9 Å². The van der Waals surface area contributed by atoms with Gasteiger partial charge < -0.3 is 18.9 Å². The first-order valence-corrected chi connectivity index (χ1v) is 7.01. The number of carbonyl (C=O) groups excluding carboxylic acids is 1. The maximum Gasteiger partial charge on any atom is 0.232 e. The van der Waals surface area contributed by atoms with Gasteiger partial charge >= 0.3 is 0 Å². The molecule has 1 heterocycles. The van der Waals surface area contributed by atoms with E-state index in [-0.39, 0.29) is 11.5 Å². The number of fused-ring (bicyclic) bond motifs is 1. The summed E-state index contributed by atoms with van der Waals surface area (Å²) in [5.41, 5.74) is 1.27. The molecule has 0 unspecified atom stereocenters. The summed E-state index contributed by atoms with van der Waals surface area (Å²) in [4.78, 5) is 12.4. The zero-order chi connectivity index (χ0) is 16.4. The van der Waals surface area contributed by atoms with Gasteiger partial charge in [-0.15, -0.1) is 0 Å². The van der Waals surface area contributed by atoms with Crippen LogP contribution < -0.4 is 18.9 Å². The van der Waals surface area contributed by atoms with E-state index in [0.29, 0.717) is 28.6 Å². The fraction of sp³-hybridized carbons (Fsp3) is 0.167. The monoisotopic (exact) mass is 312 g/mol. The number of methoxy groups -OCH3 is 3. The smallest absolute Gasteiger partial charge is 0.232 e. The van der Waals surface area contributed by atoms with Crippen LogP contribution in [0.3, 0.4) is 0 Å². The molecule has 0 amide bonds. The van der Waals surface area contributed by atoms with Crippen molar-refractivity contribution >= 4 is 11.9 Å². The minimum atomic E-state index is -0.173. The zero-order valence-electron chi connectivity index (χ0n) is 13.1. The molecule has 0 bridgehead atoms. The lowest BCUT2D eigenvalue weighted by atomic mass is 10.1. The highest BCUT2D eigenvalue weighted by Crippen LogP contribution is 2.39. The van der Waals surface area contributed by atoms with Crippen molar-refractivity contribution < 1.29 is 23.7 Å². The van der Waals surface area contributed by atoms with E-state index in [1.165, 1.54) is 0 Å². The third kappa shape index (κ3) is 2.61. The molecule has 1 aliphatic rings. The molecule has 23 heavy (non-hydrogen) atoms. The lowest BCUT2D eigenvalue weighted by Gasteiger charge is -2.08. The molecule has 0 spiro atoms. The van der Waals surface area contributed by atoms with Gasteiger partial charge in [-0.1, -0.05) is 12.1 Å². The quantitative estimate of drug-likeness (QED) is 0.811. The maximum absolute atomic E-state index is 12.4. The summed E-state index contributed by atoms with van der Waals surface area (Å²) in [6.45, 7) is 0.